The molecule has 1 amide bonds. The number of aryl methyl sites for hydroxylation is 2. The van der Waals surface area contributed by atoms with E-state index in [-0.39, 0.29) is 122 Å². The van der Waals surface area contributed by atoms with Gasteiger partial charge in [-0.2, -0.15) is 15.2 Å². The number of esters is 1. The van der Waals surface area contributed by atoms with Gasteiger partial charge in [0, 0.05) is 39.1 Å². The molecule has 12 nitrogen and oxygen atoms in total. The van der Waals surface area contributed by atoms with Gasteiger partial charge >= 0.3 is 18.1 Å². The number of nitrogens with one attached hydrogen (secondary N) is 1. The predicted molar refractivity (Wildman–Crippen MR) is 215 cm³/mol. The van der Waals surface area contributed by atoms with Crippen molar-refractivity contribution in [2.75, 3.05) is 44.3 Å². The third-order valence-corrected chi connectivity index (χ3v) is 12.2. The molecule has 5 aliphatic heterocycles. The third-order valence-electron chi connectivity index (χ3n) is 12.2. The monoisotopic (exact) mass is 825 g/mol. The van der Waals surface area contributed by atoms with Crippen LogP contribution in [-0.2, 0) is 11.2 Å². The van der Waals surface area contributed by atoms with E-state index < -0.39 is 47.1 Å². The second-order valence-electron chi connectivity index (χ2n) is 16.6. The first-order chi connectivity index (χ1) is 28.8. The van der Waals surface area contributed by atoms with Crippen molar-refractivity contribution >= 4 is 39.6 Å². The van der Waals surface area contributed by atoms with Gasteiger partial charge in [-0.05, 0) is 92.2 Å². The fraction of sp³-hybridized carbons (Fsp3) is 0.409. The molecule has 0 radical (unpaired) electrons. The number of amides is 1. The van der Waals surface area contributed by atoms with Crippen molar-refractivity contribution in [3.8, 4) is 29.1 Å². The first-order valence-electron chi connectivity index (χ1n) is 20.0. The van der Waals surface area contributed by atoms with Gasteiger partial charge in [0.05, 0.1) is 40.7 Å². The van der Waals surface area contributed by atoms with Crippen molar-refractivity contribution in [1.29, 1.82) is 5.26 Å². The molecule has 7 heterocycles. The Hall–Kier alpha value is -6.08. The number of alkyl carbamates (subject to hydrolysis) is 1. The maximum Gasteiger partial charge on any atom is 0.407 e. The van der Waals surface area contributed by atoms with E-state index in [2.05, 4.69) is 25.2 Å². The van der Waals surface area contributed by atoms with Gasteiger partial charge in [0.1, 0.15) is 53.6 Å². The molecule has 10 rings (SSSR count). The molecule has 5 aliphatic rings. The second-order valence-corrected chi connectivity index (χ2v) is 16.6. The lowest BCUT2D eigenvalue weighted by molar-refractivity contribution is 0.0733. The molecule has 0 unspecified atom stereocenters. The summed E-state index contributed by atoms with van der Waals surface area (Å²) in [4.78, 5) is 44.3. The number of pyridine rings is 1. The Morgan fingerprint density at radius 2 is 1.95 bits per heavy atom. The van der Waals surface area contributed by atoms with E-state index in [0.29, 0.717) is 23.9 Å². The molecule has 312 valence electrons. The standard InChI is InChI=1S/C44H41F4N7O5.H2/c1-24-6-3-7-26(18-49)34(24)40(56)60-29-14-25-9-10-33(47)30-8-4-13-58-42(57)53-43(2)16-27(45)20-54(22-43)39-32-19-50-37(31(15-29)35(25)30)36(48)38(32)51-41(52-39)59-23-44-11-5-12-55(44)21-28(46)17-44;/h3,6-7,9-10,14-15,19,27-28H,4-5,8,11-13,16-17,20-23H2,1-2H3,(H,53,57);1H/t27-,28-,43-,44+;/m1./s1. The molecule has 0 aliphatic carbocycles. The van der Waals surface area contributed by atoms with Crippen LogP contribution in [0.1, 0.15) is 67.5 Å². The summed E-state index contributed by atoms with van der Waals surface area (Å²) in [7, 11) is 0. The summed E-state index contributed by atoms with van der Waals surface area (Å²) in [6.07, 6.45) is 0.0931. The van der Waals surface area contributed by atoms with Gasteiger partial charge in [0.25, 0.3) is 0 Å². The van der Waals surface area contributed by atoms with Gasteiger partial charge in [0.2, 0.25) is 0 Å². The zero-order valence-electron chi connectivity index (χ0n) is 33.0. The lowest BCUT2D eigenvalue weighted by atomic mass is 9.90. The molecule has 0 saturated carbocycles. The van der Waals surface area contributed by atoms with Crippen LogP contribution < -0.4 is 19.7 Å². The molecular formula is C44H43F4N7O5. The van der Waals surface area contributed by atoms with Gasteiger partial charge in [0.15, 0.2) is 5.82 Å². The normalized spacial score (nSPS) is 24.2. The van der Waals surface area contributed by atoms with E-state index in [1.807, 2.05) is 6.07 Å². The Morgan fingerprint density at radius 1 is 1.12 bits per heavy atom. The maximum atomic E-state index is 17.6. The summed E-state index contributed by atoms with van der Waals surface area (Å²) < 4.78 is 81.6. The number of carbonyl (C=O) groups excluding carboxylic acids is 2. The quantitative estimate of drug-likeness (QED) is 0.106. The largest absolute Gasteiger partial charge is 0.461 e. The average molecular weight is 826 g/mol. The summed E-state index contributed by atoms with van der Waals surface area (Å²) in [5.74, 6) is -2.30. The van der Waals surface area contributed by atoms with Crippen LogP contribution in [0.15, 0.2) is 48.7 Å². The highest BCUT2D eigenvalue weighted by atomic mass is 19.1. The van der Waals surface area contributed by atoms with E-state index in [0.717, 1.165) is 6.42 Å². The molecule has 3 fully saturated rings. The lowest BCUT2D eigenvalue weighted by Crippen LogP contribution is -2.60. The van der Waals surface area contributed by atoms with Gasteiger partial charge in [-0.25, -0.2) is 27.2 Å². The number of ether oxygens (including phenoxy) is 3. The van der Waals surface area contributed by atoms with Crippen LogP contribution in [0.4, 0.5) is 28.2 Å². The van der Waals surface area contributed by atoms with E-state index in [9.17, 15) is 19.2 Å². The Bertz CT molecular complexity index is 2630. The lowest BCUT2D eigenvalue weighted by Gasteiger charge is -2.42. The highest BCUT2D eigenvalue weighted by Crippen LogP contribution is 2.43. The number of benzene rings is 3. The fourth-order valence-electron chi connectivity index (χ4n) is 9.62. The summed E-state index contributed by atoms with van der Waals surface area (Å²) in [5.41, 5.74) is -1.33. The van der Waals surface area contributed by atoms with E-state index in [4.69, 9.17) is 14.2 Å². The number of alkyl halides is 2. The number of hydrogen-bond donors (Lipinski definition) is 1. The molecule has 6 bridgehead atoms. The molecule has 5 aromatic rings. The number of piperidine rings is 1. The van der Waals surface area contributed by atoms with Crippen LogP contribution in [0.3, 0.4) is 0 Å². The number of nitriles is 1. The Kier molecular flexibility index (Phi) is 9.97. The first-order valence-corrected chi connectivity index (χ1v) is 20.0. The summed E-state index contributed by atoms with van der Waals surface area (Å²) in [6, 6.07) is 12.2. The molecule has 16 heteroatoms. The van der Waals surface area contributed by atoms with Gasteiger partial charge in [-0.1, -0.05) is 18.2 Å². The van der Waals surface area contributed by atoms with Crippen LogP contribution in [-0.4, -0.2) is 94.7 Å². The second kappa shape index (κ2) is 15.2. The minimum Gasteiger partial charge on any atom is -0.461 e. The van der Waals surface area contributed by atoms with E-state index >= 15 is 13.2 Å². The number of nitrogens with zero attached hydrogens (tertiary/aromatic N) is 6. The topological polar surface area (TPSA) is 143 Å². The third kappa shape index (κ3) is 7.08. The van der Waals surface area contributed by atoms with Crippen molar-refractivity contribution in [2.45, 2.75) is 75.8 Å². The zero-order chi connectivity index (χ0) is 41.9. The number of halogens is 4. The fourth-order valence-corrected chi connectivity index (χ4v) is 9.62. The molecule has 1 N–H and O–H groups in total. The van der Waals surface area contributed by atoms with Crippen LogP contribution in [0.25, 0.3) is 32.9 Å². The smallest absolute Gasteiger partial charge is 0.407 e. The number of rotatable bonds is 5. The van der Waals surface area contributed by atoms with Crippen LogP contribution >= 0.6 is 0 Å². The zero-order valence-corrected chi connectivity index (χ0v) is 33.0. The van der Waals surface area contributed by atoms with E-state index in [1.165, 1.54) is 36.5 Å². The molecule has 2 aromatic heterocycles. The number of anilines is 1. The predicted octanol–water partition coefficient (Wildman–Crippen LogP) is 7.70. The number of carbonyl (C=O) groups is 2. The van der Waals surface area contributed by atoms with Crippen molar-refractivity contribution in [3.63, 3.8) is 0 Å². The molecule has 3 aromatic carbocycles. The molecule has 4 atom stereocenters. The summed E-state index contributed by atoms with van der Waals surface area (Å²) in [5, 5.41) is 13.3. The molecular weight excluding hydrogens is 783 g/mol. The van der Waals surface area contributed by atoms with Crippen molar-refractivity contribution in [2.24, 2.45) is 0 Å². The average Bonchev–Trinajstić information content (AvgIpc) is 3.73. The minimum atomic E-state index is -1.44. The minimum absolute atomic E-state index is 0. The number of hydrogen-bond acceptors (Lipinski definition) is 11. The van der Waals surface area contributed by atoms with Gasteiger partial charge < -0.3 is 24.4 Å². The molecule has 60 heavy (non-hydrogen) atoms. The van der Waals surface area contributed by atoms with Crippen molar-refractivity contribution in [1.82, 2.24) is 25.2 Å². The van der Waals surface area contributed by atoms with Gasteiger partial charge in [-0.15, -0.1) is 0 Å². The number of fused-ring (bicyclic) bond motifs is 7. The van der Waals surface area contributed by atoms with Crippen LogP contribution in [0, 0.1) is 29.9 Å². The number of aromatic nitrogens is 3. The maximum absolute atomic E-state index is 17.6. The van der Waals surface area contributed by atoms with Crippen molar-refractivity contribution < 1.29 is 42.8 Å². The Balaban J connectivity index is 0.00000514. The van der Waals surface area contributed by atoms with Crippen LogP contribution in [0.5, 0.6) is 11.8 Å². The first kappa shape index (κ1) is 39.4. The van der Waals surface area contributed by atoms with Crippen LogP contribution in [0.2, 0.25) is 0 Å². The molecule has 0 spiro atoms. The SMILES string of the molecule is Cc1cccc(C#N)c1C(=O)Oc1cc2c3c(c(F)ccc3c1)CCCOC(=O)N[C@]1(C)C[C@@H](F)CN(C1)c1nc(OC[C@@]34CCCN3C[C@H](F)C4)nc3c(F)c-2ncc13.[HH]. The summed E-state index contributed by atoms with van der Waals surface area (Å²) in [6.45, 7) is 4.16. The highest BCUT2D eigenvalue weighted by molar-refractivity contribution is 6.03. The summed E-state index contributed by atoms with van der Waals surface area (Å²) >= 11 is 0. The molecule has 3 saturated heterocycles. The van der Waals surface area contributed by atoms with E-state index in [1.54, 1.807) is 30.9 Å². The van der Waals surface area contributed by atoms with Gasteiger partial charge in [-0.3, -0.25) is 9.88 Å². The Labute approximate surface area is 343 Å². The van der Waals surface area contributed by atoms with Crippen molar-refractivity contribution in [3.05, 3.63) is 82.5 Å². The Morgan fingerprint density at radius 3 is 2.78 bits per heavy atom. The highest BCUT2D eigenvalue weighted by Gasteiger charge is 2.49.